The normalized spacial score (nSPS) is 25.8. The molecule has 1 amide bonds. The zero-order chi connectivity index (χ0) is 26.0. The maximum atomic E-state index is 13.9. The first-order valence-corrected chi connectivity index (χ1v) is 13.4. The van der Waals surface area contributed by atoms with Crippen molar-refractivity contribution in [1.29, 1.82) is 0 Å². The quantitative estimate of drug-likeness (QED) is 0.469. The van der Waals surface area contributed by atoms with Gasteiger partial charge in [0.05, 0.1) is 31.2 Å². The molecular formula is C29H42N2O5. The molecule has 2 aliphatic heterocycles. The summed E-state index contributed by atoms with van der Waals surface area (Å²) in [5.74, 6) is 2.31. The summed E-state index contributed by atoms with van der Waals surface area (Å²) in [6.45, 7) is 8.53. The van der Waals surface area contributed by atoms with Crippen LogP contribution in [-0.2, 0) is 14.3 Å². The van der Waals surface area contributed by atoms with Crippen LogP contribution in [0, 0.1) is 17.8 Å². The van der Waals surface area contributed by atoms with Gasteiger partial charge in [-0.05, 0) is 82.3 Å². The summed E-state index contributed by atoms with van der Waals surface area (Å²) in [4.78, 5) is 31.4. The molecular weight excluding hydrogens is 456 g/mol. The number of hydrogen-bond acceptors (Lipinski definition) is 6. The summed E-state index contributed by atoms with van der Waals surface area (Å²) < 4.78 is 18.0. The number of methoxy groups -OCH3 is 1. The number of nitrogens with zero attached hydrogens (tertiary/aromatic N) is 2. The molecule has 1 fully saturated rings. The lowest BCUT2D eigenvalue weighted by Gasteiger charge is -2.37. The summed E-state index contributed by atoms with van der Waals surface area (Å²) in [6, 6.07) is 5.30. The topological polar surface area (TPSA) is 68.3 Å². The molecule has 2 heterocycles. The molecule has 7 heteroatoms. The Hall–Kier alpha value is -2.54. The molecule has 0 saturated heterocycles. The van der Waals surface area contributed by atoms with Crippen LogP contribution in [0.25, 0.3) is 0 Å². The van der Waals surface area contributed by atoms with Crippen molar-refractivity contribution < 1.29 is 23.8 Å². The number of fused-ring (bicyclic) bond motifs is 1. The minimum absolute atomic E-state index is 0.0810. The van der Waals surface area contributed by atoms with E-state index in [1.807, 2.05) is 37.2 Å². The van der Waals surface area contributed by atoms with Crippen LogP contribution in [0.15, 0.2) is 29.5 Å². The highest BCUT2D eigenvalue weighted by Crippen LogP contribution is 2.48. The van der Waals surface area contributed by atoms with Gasteiger partial charge < -0.3 is 24.0 Å². The fourth-order valence-corrected chi connectivity index (χ4v) is 5.64. The number of ether oxygens (including phenoxy) is 3. The van der Waals surface area contributed by atoms with E-state index in [0.717, 1.165) is 44.2 Å². The van der Waals surface area contributed by atoms with Crippen molar-refractivity contribution in [2.24, 2.45) is 17.8 Å². The van der Waals surface area contributed by atoms with Crippen LogP contribution in [0.1, 0.15) is 64.5 Å². The van der Waals surface area contributed by atoms with Crippen molar-refractivity contribution in [3.8, 4) is 11.5 Å². The SMILES string of the molecule is COc1cc(C2C3=C(OC4CCC(C)CC4C3=O)C(=O)N2CCCN(C)C)ccc1OCCC(C)C. The third-order valence-corrected chi connectivity index (χ3v) is 7.67. The van der Waals surface area contributed by atoms with Gasteiger partial charge in [0.25, 0.3) is 5.91 Å². The van der Waals surface area contributed by atoms with E-state index in [1.165, 1.54) is 0 Å². The van der Waals surface area contributed by atoms with E-state index < -0.39 is 6.04 Å². The van der Waals surface area contributed by atoms with Crippen molar-refractivity contribution in [2.45, 2.75) is 65.0 Å². The van der Waals surface area contributed by atoms with Crippen molar-refractivity contribution in [3.63, 3.8) is 0 Å². The largest absolute Gasteiger partial charge is 0.493 e. The predicted molar refractivity (Wildman–Crippen MR) is 139 cm³/mol. The van der Waals surface area contributed by atoms with Gasteiger partial charge in [0, 0.05) is 6.54 Å². The Balaban J connectivity index is 1.68. The highest BCUT2D eigenvalue weighted by Gasteiger charge is 2.52. The molecule has 0 spiro atoms. The average molecular weight is 499 g/mol. The molecule has 4 atom stereocenters. The fourth-order valence-electron chi connectivity index (χ4n) is 5.64. The molecule has 4 rings (SSSR count). The second-order valence-electron chi connectivity index (χ2n) is 11.3. The van der Waals surface area contributed by atoms with Crippen LogP contribution in [-0.4, -0.2) is 68.5 Å². The molecule has 1 aliphatic carbocycles. The number of rotatable bonds is 10. The molecule has 198 valence electrons. The molecule has 0 N–H and O–H groups in total. The number of amides is 1. The number of hydrogen-bond donors (Lipinski definition) is 0. The van der Waals surface area contributed by atoms with Crippen LogP contribution in [0.3, 0.4) is 0 Å². The zero-order valence-corrected chi connectivity index (χ0v) is 22.7. The second kappa shape index (κ2) is 11.2. The van der Waals surface area contributed by atoms with Gasteiger partial charge in [-0.15, -0.1) is 0 Å². The van der Waals surface area contributed by atoms with Crippen molar-refractivity contribution >= 4 is 11.7 Å². The maximum Gasteiger partial charge on any atom is 0.290 e. The van der Waals surface area contributed by atoms with Gasteiger partial charge in [0.15, 0.2) is 23.0 Å². The van der Waals surface area contributed by atoms with Gasteiger partial charge >= 0.3 is 0 Å². The van der Waals surface area contributed by atoms with E-state index in [4.69, 9.17) is 14.2 Å². The lowest BCUT2D eigenvalue weighted by atomic mass is 9.74. The van der Waals surface area contributed by atoms with Gasteiger partial charge in [0.1, 0.15) is 6.10 Å². The first-order valence-electron chi connectivity index (χ1n) is 13.4. The Morgan fingerprint density at radius 1 is 1.17 bits per heavy atom. The highest BCUT2D eigenvalue weighted by molar-refractivity contribution is 6.11. The van der Waals surface area contributed by atoms with Crippen molar-refractivity contribution in [3.05, 3.63) is 35.1 Å². The zero-order valence-electron chi connectivity index (χ0n) is 22.7. The van der Waals surface area contributed by atoms with Crippen LogP contribution >= 0.6 is 0 Å². The third-order valence-electron chi connectivity index (χ3n) is 7.67. The molecule has 1 saturated carbocycles. The van der Waals surface area contributed by atoms with E-state index in [0.29, 0.717) is 42.1 Å². The monoisotopic (exact) mass is 498 g/mol. The lowest BCUT2D eigenvalue weighted by molar-refractivity contribution is -0.136. The summed E-state index contributed by atoms with van der Waals surface area (Å²) >= 11 is 0. The number of carbonyl (C=O) groups is 2. The van der Waals surface area contributed by atoms with Crippen LogP contribution in [0.2, 0.25) is 0 Å². The Bertz CT molecular complexity index is 1000. The number of carbonyl (C=O) groups excluding carboxylic acids is 2. The van der Waals surface area contributed by atoms with E-state index >= 15 is 0 Å². The van der Waals surface area contributed by atoms with E-state index in [2.05, 4.69) is 25.7 Å². The molecule has 1 aromatic rings. The smallest absolute Gasteiger partial charge is 0.290 e. The first-order chi connectivity index (χ1) is 17.2. The average Bonchev–Trinajstić information content (AvgIpc) is 3.11. The fraction of sp³-hybridized carbons (Fsp3) is 0.655. The first kappa shape index (κ1) is 26.5. The van der Waals surface area contributed by atoms with Crippen LogP contribution in [0.5, 0.6) is 11.5 Å². The number of Topliss-reactive ketones (excluding diaryl/α,β-unsaturated/α-hetero) is 1. The van der Waals surface area contributed by atoms with E-state index in [-0.39, 0.29) is 29.5 Å². The van der Waals surface area contributed by atoms with Crippen molar-refractivity contribution in [1.82, 2.24) is 9.80 Å². The summed E-state index contributed by atoms with van der Waals surface area (Å²) in [5.41, 5.74) is 1.38. The van der Waals surface area contributed by atoms with Gasteiger partial charge in [0.2, 0.25) is 0 Å². The molecule has 36 heavy (non-hydrogen) atoms. The summed E-state index contributed by atoms with van der Waals surface area (Å²) in [6.07, 6.45) is 4.23. The highest BCUT2D eigenvalue weighted by atomic mass is 16.5. The van der Waals surface area contributed by atoms with Gasteiger partial charge in [-0.2, -0.15) is 0 Å². The van der Waals surface area contributed by atoms with Crippen LogP contribution < -0.4 is 9.47 Å². The summed E-state index contributed by atoms with van der Waals surface area (Å²) in [5, 5.41) is 0. The minimum atomic E-state index is -0.473. The lowest BCUT2D eigenvalue weighted by Crippen LogP contribution is -2.41. The summed E-state index contributed by atoms with van der Waals surface area (Å²) in [7, 11) is 5.67. The molecule has 0 bridgehead atoms. The standard InChI is InChI=1S/C29H42N2O5/c1-18(2)12-15-35-23-11-9-20(17-24(23)34-6)26-25-27(32)21-16-19(3)8-10-22(21)36-28(25)29(33)31(26)14-7-13-30(4)5/h9,11,17-19,21-22,26H,7-8,10,12-16H2,1-6H3. The predicted octanol–water partition coefficient (Wildman–Crippen LogP) is 4.61. The van der Waals surface area contributed by atoms with E-state index in [9.17, 15) is 9.59 Å². The molecule has 0 radical (unpaired) electrons. The van der Waals surface area contributed by atoms with E-state index in [1.54, 1.807) is 7.11 Å². The minimum Gasteiger partial charge on any atom is -0.493 e. The Morgan fingerprint density at radius 2 is 1.94 bits per heavy atom. The number of ketones is 1. The molecule has 4 unspecified atom stereocenters. The Labute approximate surface area is 215 Å². The maximum absolute atomic E-state index is 13.9. The molecule has 7 nitrogen and oxygen atoms in total. The third kappa shape index (κ3) is 5.41. The van der Waals surface area contributed by atoms with Gasteiger partial charge in [-0.3, -0.25) is 9.59 Å². The Morgan fingerprint density at radius 3 is 2.64 bits per heavy atom. The molecule has 3 aliphatic rings. The van der Waals surface area contributed by atoms with Crippen molar-refractivity contribution in [2.75, 3.05) is 40.9 Å². The number of benzene rings is 1. The second-order valence-corrected chi connectivity index (χ2v) is 11.3. The van der Waals surface area contributed by atoms with Gasteiger partial charge in [-0.25, -0.2) is 0 Å². The molecule has 1 aromatic carbocycles. The Kier molecular flexibility index (Phi) is 8.28. The van der Waals surface area contributed by atoms with Gasteiger partial charge in [-0.1, -0.05) is 26.8 Å². The van der Waals surface area contributed by atoms with Crippen LogP contribution in [0.4, 0.5) is 0 Å². The molecule has 0 aromatic heterocycles.